The molecule has 0 aliphatic carbocycles. The molecule has 0 spiro atoms. The lowest BCUT2D eigenvalue weighted by Crippen LogP contribution is -2.28. The molecule has 1 amide bonds. The number of amides is 1. The lowest BCUT2D eigenvalue weighted by molar-refractivity contribution is 0.0946. The van der Waals surface area contributed by atoms with Crippen LogP contribution >= 0.6 is 11.6 Å². The first-order chi connectivity index (χ1) is 13.7. The molecule has 1 heterocycles. The summed E-state index contributed by atoms with van der Waals surface area (Å²) in [6.07, 6.45) is 0. The molecule has 0 unspecified atom stereocenters. The van der Waals surface area contributed by atoms with Gasteiger partial charge in [-0.05, 0) is 49.4 Å². The van der Waals surface area contributed by atoms with E-state index < -0.39 is 0 Å². The van der Waals surface area contributed by atoms with Gasteiger partial charge in [0.15, 0.2) is 0 Å². The number of benzene rings is 2. The Balaban J connectivity index is 1.48. The molecule has 0 fully saturated rings. The number of hydrogen-bond acceptors (Lipinski definition) is 5. The van der Waals surface area contributed by atoms with Crippen LogP contribution in [0.15, 0.2) is 60.7 Å². The third-order valence-electron chi connectivity index (χ3n) is 3.86. The molecule has 2 aromatic carbocycles. The van der Waals surface area contributed by atoms with E-state index in [4.69, 9.17) is 21.1 Å². The number of nitrogens with one attached hydrogen (secondary N) is 1. The van der Waals surface area contributed by atoms with Gasteiger partial charge in [0.25, 0.3) is 5.91 Å². The van der Waals surface area contributed by atoms with Crippen LogP contribution in [0, 0.1) is 0 Å². The molecule has 3 rings (SSSR count). The highest BCUT2D eigenvalue weighted by Crippen LogP contribution is 2.21. The summed E-state index contributed by atoms with van der Waals surface area (Å²) in [5.74, 6) is 0.964. The van der Waals surface area contributed by atoms with Crippen molar-refractivity contribution >= 4 is 17.5 Å². The van der Waals surface area contributed by atoms with Crippen LogP contribution in [-0.2, 0) is 0 Å². The van der Waals surface area contributed by atoms with E-state index in [9.17, 15) is 4.79 Å². The van der Waals surface area contributed by atoms with Crippen molar-refractivity contribution in [1.29, 1.82) is 0 Å². The minimum Gasteiger partial charge on any atom is -0.494 e. The Kier molecular flexibility index (Phi) is 6.81. The molecule has 6 nitrogen and oxygen atoms in total. The Morgan fingerprint density at radius 1 is 1.00 bits per heavy atom. The second-order valence-corrected chi connectivity index (χ2v) is 6.21. The summed E-state index contributed by atoms with van der Waals surface area (Å²) in [6, 6.07) is 18.1. The van der Waals surface area contributed by atoms with E-state index in [2.05, 4.69) is 15.5 Å². The summed E-state index contributed by atoms with van der Waals surface area (Å²) < 4.78 is 11.0. The van der Waals surface area contributed by atoms with Crippen LogP contribution in [0.2, 0.25) is 5.02 Å². The number of carbonyl (C=O) groups excluding carboxylic acids is 1. The van der Waals surface area contributed by atoms with Gasteiger partial charge < -0.3 is 14.8 Å². The van der Waals surface area contributed by atoms with Gasteiger partial charge in [-0.1, -0.05) is 23.7 Å². The van der Waals surface area contributed by atoms with Crippen LogP contribution in [0.4, 0.5) is 0 Å². The van der Waals surface area contributed by atoms with Crippen LogP contribution in [0.1, 0.15) is 17.3 Å². The number of ether oxygens (including phenoxy) is 2. The van der Waals surface area contributed by atoms with Gasteiger partial charge >= 0.3 is 0 Å². The molecule has 3 aromatic rings. The Hall–Kier alpha value is -3.12. The van der Waals surface area contributed by atoms with Crippen LogP contribution < -0.4 is 14.8 Å². The predicted octanol–water partition coefficient (Wildman–Crippen LogP) is 4.00. The summed E-state index contributed by atoms with van der Waals surface area (Å²) in [5.41, 5.74) is 2.11. The van der Waals surface area contributed by atoms with Crippen LogP contribution in [-0.4, -0.2) is 35.9 Å². The highest BCUT2D eigenvalue weighted by molar-refractivity contribution is 6.33. The molecule has 0 saturated heterocycles. The minimum absolute atomic E-state index is 0.244. The second kappa shape index (κ2) is 9.71. The average Bonchev–Trinajstić information content (AvgIpc) is 2.73. The van der Waals surface area contributed by atoms with Crippen molar-refractivity contribution in [3.63, 3.8) is 0 Å². The molecule has 0 bridgehead atoms. The van der Waals surface area contributed by atoms with E-state index in [-0.39, 0.29) is 12.5 Å². The maximum atomic E-state index is 12.1. The average molecular weight is 398 g/mol. The molecular weight excluding hydrogens is 378 g/mol. The van der Waals surface area contributed by atoms with Gasteiger partial charge in [-0.3, -0.25) is 4.79 Å². The largest absolute Gasteiger partial charge is 0.494 e. The maximum Gasteiger partial charge on any atom is 0.252 e. The third kappa shape index (κ3) is 5.20. The maximum absolute atomic E-state index is 12.1. The van der Waals surface area contributed by atoms with E-state index in [0.717, 1.165) is 17.0 Å². The summed E-state index contributed by atoms with van der Waals surface area (Å²) >= 11 is 6.00. The van der Waals surface area contributed by atoms with Crippen molar-refractivity contribution in [2.75, 3.05) is 19.8 Å². The van der Waals surface area contributed by atoms with Crippen molar-refractivity contribution in [2.24, 2.45) is 0 Å². The Morgan fingerprint density at radius 2 is 1.79 bits per heavy atom. The Bertz CT molecular complexity index is 915. The van der Waals surface area contributed by atoms with E-state index in [1.165, 1.54) is 0 Å². The van der Waals surface area contributed by atoms with Crippen molar-refractivity contribution < 1.29 is 14.3 Å². The number of nitrogens with zero attached hydrogens (tertiary/aromatic N) is 2. The SMILES string of the molecule is CCOc1ccc(-c2ccc(OCCNC(=O)c3ccccc3Cl)nn2)cc1. The van der Waals surface area contributed by atoms with Gasteiger partial charge in [0.1, 0.15) is 12.4 Å². The van der Waals surface area contributed by atoms with Gasteiger partial charge in [-0.2, -0.15) is 0 Å². The van der Waals surface area contributed by atoms with Crippen molar-refractivity contribution in [3.05, 3.63) is 71.2 Å². The monoisotopic (exact) mass is 397 g/mol. The summed E-state index contributed by atoms with van der Waals surface area (Å²) in [4.78, 5) is 12.1. The summed E-state index contributed by atoms with van der Waals surface area (Å²) in [7, 11) is 0. The molecule has 0 aliphatic rings. The summed E-state index contributed by atoms with van der Waals surface area (Å²) in [5, 5.41) is 11.4. The minimum atomic E-state index is -0.244. The standard InChI is InChI=1S/C21H20ClN3O3/c1-2-27-16-9-7-15(8-10-16)19-11-12-20(25-24-19)28-14-13-23-21(26)17-5-3-4-6-18(17)22/h3-12H,2,13-14H2,1H3,(H,23,26). The van der Waals surface area contributed by atoms with Crippen molar-refractivity contribution in [1.82, 2.24) is 15.5 Å². The first kappa shape index (κ1) is 19.6. The quantitative estimate of drug-likeness (QED) is 0.581. The van der Waals surface area contributed by atoms with Gasteiger partial charge in [0.05, 0.1) is 29.4 Å². The van der Waals surface area contributed by atoms with E-state index in [1.54, 1.807) is 30.3 Å². The van der Waals surface area contributed by atoms with Gasteiger partial charge in [0.2, 0.25) is 5.88 Å². The zero-order valence-electron chi connectivity index (χ0n) is 15.4. The summed E-state index contributed by atoms with van der Waals surface area (Å²) in [6.45, 7) is 3.17. The van der Waals surface area contributed by atoms with Crippen LogP contribution in [0.5, 0.6) is 11.6 Å². The van der Waals surface area contributed by atoms with Gasteiger partial charge in [-0.25, -0.2) is 0 Å². The number of carbonyl (C=O) groups is 1. The topological polar surface area (TPSA) is 73.3 Å². The van der Waals surface area contributed by atoms with Crippen molar-refractivity contribution in [2.45, 2.75) is 6.92 Å². The number of rotatable bonds is 8. The van der Waals surface area contributed by atoms with E-state index in [0.29, 0.717) is 29.6 Å². The second-order valence-electron chi connectivity index (χ2n) is 5.80. The molecule has 28 heavy (non-hydrogen) atoms. The molecule has 0 saturated carbocycles. The third-order valence-corrected chi connectivity index (χ3v) is 4.19. The van der Waals surface area contributed by atoms with E-state index >= 15 is 0 Å². The highest BCUT2D eigenvalue weighted by atomic mass is 35.5. The fraction of sp³-hybridized carbons (Fsp3) is 0.190. The molecule has 0 radical (unpaired) electrons. The van der Waals surface area contributed by atoms with Crippen LogP contribution in [0.25, 0.3) is 11.3 Å². The van der Waals surface area contributed by atoms with E-state index in [1.807, 2.05) is 37.3 Å². The lowest BCUT2D eigenvalue weighted by atomic mass is 10.1. The van der Waals surface area contributed by atoms with Crippen LogP contribution in [0.3, 0.4) is 0 Å². The molecule has 0 atom stereocenters. The predicted molar refractivity (Wildman–Crippen MR) is 108 cm³/mol. The number of hydrogen-bond donors (Lipinski definition) is 1. The number of aromatic nitrogens is 2. The number of halogens is 1. The fourth-order valence-electron chi connectivity index (χ4n) is 2.50. The van der Waals surface area contributed by atoms with Gasteiger partial charge in [-0.15, -0.1) is 10.2 Å². The molecule has 1 N–H and O–H groups in total. The molecule has 0 aliphatic heterocycles. The van der Waals surface area contributed by atoms with Crippen molar-refractivity contribution in [3.8, 4) is 22.9 Å². The lowest BCUT2D eigenvalue weighted by Gasteiger charge is -2.08. The normalized spacial score (nSPS) is 10.4. The fourth-order valence-corrected chi connectivity index (χ4v) is 2.72. The highest BCUT2D eigenvalue weighted by Gasteiger charge is 2.08. The zero-order chi connectivity index (χ0) is 19.8. The Morgan fingerprint density at radius 3 is 2.46 bits per heavy atom. The Labute approximate surface area is 168 Å². The smallest absolute Gasteiger partial charge is 0.252 e. The first-order valence-electron chi connectivity index (χ1n) is 8.90. The molecule has 144 valence electrons. The first-order valence-corrected chi connectivity index (χ1v) is 9.27. The van der Waals surface area contributed by atoms with Gasteiger partial charge in [0, 0.05) is 11.6 Å². The molecule has 7 heteroatoms. The molecule has 1 aromatic heterocycles. The molecular formula is C21H20ClN3O3. The zero-order valence-corrected chi connectivity index (χ0v) is 16.1.